The number of ether oxygens (including phenoxy) is 3. The lowest BCUT2D eigenvalue weighted by Gasteiger charge is -2.36. The third kappa shape index (κ3) is 7.21. The summed E-state index contributed by atoms with van der Waals surface area (Å²) in [5, 5.41) is 0. The maximum absolute atomic E-state index is 13.4. The van der Waals surface area contributed by atoms with E-state index in [2.05, 4.69) is 16.1 Å². The summed E-state index contributed by atoms with van der Waals surface area (Å²) in [7, 11) is 0.0730. The molecule has 0 aliphatic rings. The highest BCUT2D eigenvalue weighted by Gasteiger charge is 2.81. The number of carbonyl (C=O) groups is 1. The fourth-order valence-electron chi connectivity index (χ4n) is 0.975. The number of carbonyl (C=O) groups excluding carboxylic acids is 1. The van der Waals surface area contributed by atoms with E-state index < -0.39 is 48.3 Å². The molecular formula is C12H8F14O4. The van der Waals surface area contributed by atoms with Gasteiger partial charge in [0.2, 0.25) is 0 Å². The first-order valence-electron chi connectivity index (χ1n) is 6.33. The van der Waals surface area contributed by atoms with E-state index in [0.717, 1.165) is 0 Å². The van der Waals surface area contributed by atoms with E-state index in [1.165, 1.54) is 0 Å². The van der Waals surface area contributed by atoms with E-state index in [4.69, 9.17) is 0 Å². The molecule has 18 heteroatoms. The lowest BCUT2D eigenvalue weighted by atomic mass is 10.2. The van der Waals surface area contributed by atoms with Crippen molar-refractivity contribution in [3.63, 3.8) is 0 Å². The molecule has 0 amide bonds. The minimum Gasteiger partial charge on any atom is -0.464 e. The molecule has 4 nitrogen and oxygen atoms in total. The van der Waals surface area contributed by atoms with E-state index >= 15 is 0 Å². The van der Waals surface area contributed by atoms with Gasteiger partial charge in [-0.25, -0.2) is 4.79 Å². The van der Waals surface area contributed by atoms with Crippen molar-refractivity contribution in [1.82, 2.24) is 0 Å². The monoisotopic (exact) mass is 482 g/mol. The topological polar surface area (TPSA) is 44.8 Å². The maximum Gasteiger partial charge on any atom is 0.471 e. The van der Waals surface area contributed by atoms with E-state index in [0.29, 0.717) is 0 Å². The molecule has 0 fully saturated rings. The molecule has 0 saturated heterocycles. The van der Waals surface area contributed by atoms with Crippen LogP contribution >= 0.6 is 0 Å². The van der Waals surface area contributed by atoms with E-state index in [9.17, 15) is 66.3 Å². The van der Waals surface area contributed by atoms with Crippen molar-refractivity contribution in [3.05, 3.63) is 25.2 Å². The molecule has 178 valence electrons. The van der Waals surface area contributed by atoms with Gasteiger partial charge in [0.05, 0.1) is 7.11 Å². The Morgan fingerprint density at radius 2 is 1.20 bits per heavy atom. The molecule has 0 rings (SSSR count). The Morgan fingerprint density at radius 3 is 1.43 bits per heavy atom. The Balaban J connectivity index is 0. The largest absolute Gasteiger partial charge is 0.471 e. The summed E-state index contributed by atoms with van der Waals surface area (Å²) in [6.45, 7) is 4.36. The van der Waals surface area contributed by atoms with Crippen LogP contribution in [0, 0.1) is 0 Å². The number of alkyl halides is 13. The molecule has 1 unspecified atom stereocenters. The van der Waals surface area contributed by atoms with Gasteiger partial charge in [-0.15, -0.1) is 0 Å². The minimum absolute atomic E-state index is 0.0625. The van der Waals surface area contributed by atoms with Gasteiger partial charge in [0.25, 0.3) is 6.01 Å². The number of esters is 1. The predicted molar refractivity (Wildman–Crippen MR) is 65.4 cm³/mol. The Kier molecular flexibility index (Phi) is 9.23. The number of hydrogen-bond acceptors (Lipinski definition) is 4. The maximum atomic E-state index is 13.4. The summed E-state index contributed by atoms with van der Waals surface area (Å²) >= 11 is 0. The third-order valence-electron chi connectivity index (χ3n) is 2.29. The summed E-state index contributed by atoms with van der Waals surface area (Å²) in [6, 6.07) is -2.79. The summed E-state index contributed by atoms with van der Waals surface area (Å²) < 4.78 is 180. The SMILES string of the molecule is C=C(F)OC(F)(F)C(F)(OC(F)(F)C(F)(F)C(=O)OC)C(F)(F)F.C=CC(F)(F)F. The second-order valence-electron chi connectivity index (χ2n) is 4.50. The molecule has 0 aliphatic carbocycles. The highest BCUT2D eigenvalue weighted by atomic mass is 19.4. The fraction of sp³-hybridized carbons (Fsp3) is 0.583. The van der Waals surface area contributed by atoms with E-state index in [-0.39, 0.29) is 13.2 Å². The Labute approximate surface area is 156 Å². The first kappa shape index (κ1) is 29.9. The smallest absolute Gasteiger partial charge is 0.464 e. The van der Waals surface area contributed by atoms with Crippen molar-refractivity contribution in [2.45, 2.75) is 36.3 Å². The number of hydrogen-bond donors (Lipinski definition) is 0. The minimum atomic E-state index is -7.15. The molecule has 0 aromatic heterocycles. The van der Waals surface area contributed by atoms with Gasteiger partial charge in [-0.2, -0.15) is 61.5 Å². The Bertz CT molecular complexity index is 623. The second-order valence-corrected chi connectivity index (χ2v) is 4.50. The highest BCUT2D eigenvalue weighted by molar-refractivity contribution is 5.78. The number of halogens is 14. The summed E-state index contributed by atoms with van der Waals surface area (Å²) in [6.07, 6.45) is -24.9. The zero-order valence-corrected chi connectivity index (χ0v) is 13.9. The molecule has 0 heterocycles. The van der Waals surface area contributed by atoms with Gasteiger partial charge < -0.3 is 9.47 Å². The van der Waals surface area contributed by atoms with Crippen LogP contribution in [0.25, 0.3) is 0 Å². The van der Waals surface area contributed by atoms with Gasteiger partial charge >= 0.3 is 42.3 Å². The molecule has 1 atom stereocenters. The van der Waals surface area contributed by atoms with Crippen LogP contribution in [0.4, 0.5) is 61.5 Å². The molecule has 30 heavy (non-hydrogen) atoms. The second kappa shape index (κ2) is 9.25. The van der Waals surface area contributed by atoms with Crippen LogP contribution in [0.2, 0.25) is 0 Å². The average Bonchev–Trinajstić information content (AvgIpc) is 2.50. The van der Waals surface area contributed by atoms with Crippen LogP contribution in [0.3, 0.4) is 0 Å². The molecule has 0 saturated carbocycles. The summed E-state index contributed by atoms with van der Waals surface area (Å²) in [4.78, 5) is 10.4. The zero-order valence-electron chi connectivity index (χ0n) is 13.9. The van der Waals surface area contributed by atoms with Crippen molar-refractivity contribution in [1.29, 1.82) is 0 Å². The molecule has 0 aromatic carbocycles. The lowest BCUT2D eigenvalue weighted by Crippen LogP contribution is -2.64. The first-order valence-corrected chi connectivity index (χ1v) is 6.33. The Morgan fingerprint density at radius 1 is 0.833 bits per heavy atom. The fourth-order valence-corrected chi connectivity index (χ4v) is 0.975. The van der Waals surface area contributed by atoms with E-state index in [1.54, 1.807) is 0 Å². The van der Waals surface area contributed by atoms with Crippen LogP contribution in [0.1, 0.15) is 0 Å². The van der Waals surface area contributed by atoms with Crippen molar-refractivity contribution in [2.24, 2.45) is 0 Å². The highest BCUT2D eigenvalue weighted by Crippen LogP contribution is 2.52. The Hall–Kier alpha value is -2.27. The van der Waals surface area contributed by atoms with Gasteiger partial charge in [0, 0.05) is 6.08 Å². The average molecular weight is 482 g/mol. The molecule has 0 bridgehead atoms. The van der Waals surface area contributed by atoms with Gasteiger partial charge in [0.15, 0.2) is 0 Å². The van der Waals surface area contributed by atoms with Crippen LogP contribution in [-0.2, 0) is 19.0 Å². The third-order valence-corrected chi connectivity index (χ3v) is 2.29. The normalized spacial score (nSPS) is 15.3. The first-order chi connectivity index (χ1) is 12.9. The van der Waals surface area contributed by atoms with Crippen LogP contribution in [0.5, 0.6) is 0 Å². The van der Waals surface area contributed by atoms with Crippen LogP contribution in [0.15, 0.2) is 25.2 Å². The molecular weight excluding hydrogens is 474 g/mol. The lowest BCUT2D eigenvalue weighted by molar-refractivity contribution is -0.513. The standard InChI is InChI=1S/C9H5F11O4.C3H3F3/c1-3(10)23-9(19,20)6(13,7(14,15)16)24-8(17,18)5(11,12)4(21)22-2;1-2-3(4,5)6/h1H2,2H3;2H,1H2. The summed E-state index contributed by atoms with van der Waals surface area (Å²) in [5.74, 6) is -16.6. The molecule has 0 aromatic rings. The molecule has 0 radical (unpaired) electrons. The van der Waals surface area contributed by atoms with Crippen LogP contribution < -0.4 is 0 Å². The van der Waals surface area contributed by atoms with E-state index in [1.807, 2.05) is 11.3 Å². The zero-order chi connectivity index (χ0) is 25.0. The summed E-state index contributed by atoms with van der Waals surface area (Å²) in [5.41, 5.74) is 0. The quantitative estimate of drug-likeness (QED) is 0.211. The predicted octanol–water partition coefficient (Wildman–Crippen LogP) is 5.42. The molecule has 0 N–H and O–H groups in total. The number of allylic oxidation sites excluding steroid dienone is 1. The van der Waals surface area contributed by atoms with Gasteiger partial charge in [-0.1, -0.05) is 6.58 Å². The molecule has 0 aliphatic heterocycles. The van der Waals surface area contributed by atoms with Gasteiger partial charge in [-0.05, 0) is 6.58 Å². The number of methoxy groups -OCH3 is 1. The molecule has 0 spiro atoms. The van der Waals surface area contributed by atoms with Gasteiger partial charge in [-0.3, -0.25) is 4.74 Å². The van der Waals surface area contributed by atoms with Crippen molar-refractivity contribution in [3.8, 4) is 0 Å². The van der Waals surface area contributed by atoms with Crippen LogP contribution in [-0.4, -0.2) is 49.4 Å². The van der Waals surface area contributed by atoms with Gasteiger partial charge in [0.1, 0.15) is 0 Å². The van der Waals surface area contributed by atoms with Crippen molar-refractivity contribution in [2.75, 3.05) is 7.11 Å². The van der Waals surface area contributed by atoms with Crippen molar-refractivity contribution < 1.29 is 80.5 Å². The number of rotatable bonds is 7. The van der Waals surface area contributed by atoms with Crippen molar-refractivity contribution >= 4 is 5.97 Å².